The van der Waals surface area contributed by atoms with Crippen LogP contribution in [0.15, 0.2) is 6.07 Å². The number of rotatable bonds is 3. The van der Waals surface area contributed by atoms with Gasteiger partial charge in [-0.05, 0) is 13.0 Å². The van der Waals surface area contributed by atoms with Crippen molar-refractivity contribution in [2.24, 2.45) is 0 Å². The van der Waals surface area contributed by atoms with E-state index >= 15 is 0 Å². The van der Waals surface area contributed by atoms with Gasteiger partial charge in [-0.15, -0.1) is 0 Å². The summed E-state index contributed by atoms with van der Waals surface area (Å²) in [5.41, 5.74) is 0.344. The van der Waals surface area contributed by atoms with Gasteiger partial charge in [0.05, 0.1) is 10.7 Å². The van der Waals surface area contributed by atoms with Crippen LogP contribution in [0.25, 0.3) is 0 Å². The number of hydrogen-bond acceptors (Lipinski definition) is 3. The van der Waals surface area contributed by atoms with Crippen LogP contribution in [0, 0.1) is 6.92 Å². The van der Waals surface area contributed by atoms with Crippen LogP contribution >= 0.6 is 11.6 Å². The predicted molar refractivity (Wildman–Crippen MR) is 62.5 cm³/mol. The van der Waals surface area contributed by atoms with Crippen LogP contribution in [0.2, 0.25) is 5.02 Å². The highest BCUT2D eigenvalue weighted by molar-refractivity contribution is 6.31. The second kappa shape index (κ2) is 4.35. The fraction of sp³-hybridized carbons (Fsp3) is 0.455. The van der Waals surface area contributed by atoms with Gasteiger partial charge in [-0.1, -0.05) is 11.6 Å². The van der Waals surface area contributed by atoms with E-state index in [1.54, 1.807) is 6.92 Å². The lowest BCUT2D eigenvalue weighted by molar-refractivity contribution is -0.0794. The smallest absolute Gasteiger partial charge is 0.339 e. The van der Waals surface area contributed by atoms with E-state index < -0.39 is 17.9 Å². The number of alkyl halides is 2. The molecule has 1 aromatic heterocycles. The zero-order valence-corrected chi connectivity index (χ0v) is 10.3. The highest BCUT2D eigenvalue weighted by atomic mass is 35.5. The summed E-state index contributed by atoms with van der Waals surface area (Å²) < 4.78 is 25.4. The zero-order valence-electron chi connectivity index (χ0n) is 9.51. The van der Waals surface area contributed by atoms with E-state index in [-0.39, 0.29) is 29.2 Å². The number of nitrogens with zero attached hydrogens (tertiary/aromatic N) is 1. The summed E-state index contributed by atoms with van der Waals surface area (Å²) in [5, 5.41) is 12.0. The summed E-state index contributed by atoms with van der Waals surface area (Å²) in [6, 6.07) is 0.817. The quantitative estimate of drug-likeness (QED) is 0.891. The van der Waals surface area contributed by atoms with Gasteiger partial charge in [0.2, 0.25) is 0 Å². The molecule has 18 heavy (non-hydrogen) atoms. The van der Waals surface area contributed by atoms with Gasteiger partial charge in [-0.2, -0.15) is 0 Å². The normalized spacial score (nSPS) is 18.2. The Morgan fingerprint density at radius 2 is 2.22 bits per heavy atom. The van der Waals surface area contributed by atoms with E-state index in [2.05, 4.69) is 10.3 Å². The molecule has 0 saturated heterocycles. The number of anilines is 1. The summed E-state index contributed by atoms with van der Waals surface area (Å²) >= 11 is 5.79. The number of aromatic carboxylic acids is 1. The van der Waals surface area contributed by atoms with Crippen LogP contribution in [0.5, 0.6) is 0 Å². The molecule has 1 aliphatic carbocycles. The molecule has 0 aromatic carbocycles. The van der Waals surface area contributed by atoms with Crippen molar-refractivity contribution in [2.45, 2.75) is 31.7 Å². The molecule has 0 bridgehead atoms. The summed E-state index contributed by atoms with van der Waals surface area (Å²) in [4.78, 5) is 15.0. The van der Waals surface area contributed by atoms with Crippen molar-refractivity contribution in [3.63, 3.8) is 0 Å². The maximum Gasteiger partial charge on any atom is 0.339 e. The maximum atomic E-state index is 12.7. The van der Waals surface area contributed by atoms with Gasteiger partial charge < -0.3 is 10.4 Å². The molecule has 4 nitrogen and oxygen atoms in total. The number of halogens is 3. The largest absolute Gasteiger partial charge is 0.478 e. The van der Waals surface area contributed by atoms with Crippen molar-refractivity contribution >= 4 is 23.4 Å². The van der Waals surface area contributed by atoms with Crippen molar-refractivity contribution in [1.29, 1.82) is 0 Å². The summed E-state index contributed by atoms with van der Waals surface area (Å²) in [6.07, 6.45) is -0.620. The number of aryl methyl sites for hydroxylation is 1. The predicted octanol–water partition coefficient (Wildman–Crippen LogP) is 2.95. The SMILES string of the molecule is Cc1nc(NC2CC(F)(F)C2)c(C(=O)O)cc1Cl. The maximum absolute atomic E-state index is 12.7. The highest BCUT2D eigenvalue weighted by Crippen LogP contribution is 2.39. The monoisotopic (exact) mass is 276 g/mol. The average molecular weight is 277 g/mol. The van der Waals surface area contributed by atoms with Crippen LogP contribution in [0.1, 0.15) is 28.9 Å². The van der Waals surface area contributed by atoms with E-state index in [0.717, 1.165) is 0 Å². The second-order valence-electron chi connectivity index (χ2n) is 4.36. The molecular weight excluding hydrogens is 266 g/mol. The van der Waals surface area contributed by atoms with Gasteiger partial charge in [0.25, 0.3) is 5.92 Å². The fourth-order valence-electron chi connectivity index (χ4n) is 1.81. The number of carbonyl (C=O) groups is 1. The summed E-state index contributed by atoms with van der Waals surface area (Å²) in [7, 11) is 0. The van der Waals surface area contributed by atoms with Gasteiger partial charge in [-0.25, -0.2) is 18.6 Å². The minimum Gasteiger partial charge on any atom is -0.478 e. The van der Waals surface area contributed by atoms with Gasteiger partial charge in [0.1, 0.15) is 11.4 Å². The molecule has 0 spiro atoms. The lowest BCUT2D eigenvalue weighted by Gasteiger charge is -2.35. The molecule has 0 unspecified atom stereocenters. The van der Waals surface area contributed by atoms with Gasteiger partial charge >= 0.3 is 5.97 Å². The molecule has 0 amide bonds. The third-order valence-corrected chi connectivity index (χ3v) is 3.20. The van der Waals surface area contributed by atoms with Crippen LogP contribution in [-0.4, -0.2) is 28.0 Å². The van der Waals surface area contributed by atoms with E-state index in [1.807, 2.05) is 0 Å². The van der Waals surface area contributed by atoms with E-state index in [1.165, 1.54) is 6.07 Å². The van der Waals surface area contributed by atoms with Gasteiger partial charge in [0, 0.05) is 18.9 Å². The molecule has 0 atom stereocenters. The van der Waals surface area contributed by atoms with Gasteiger partial charge in [0.15, 0.2) is 0 Å². The van der Waals surface area contributed by atoms with Crippen molar-refractivity contribution in [2.75, 3.05) is 5.32 Å². The molecule has 7 heteroatoms. The topological polar surface area (TPSA) is 62.2 Å². The van der Waals surface area contributed by atoms with Gasteiger partial charge in [-0.3, -0.25) is 0 Å². The van der Waals surface area contributed by atoms with Crippen molar-refractivity contribution in [3.8, 4) is 0 Å². The van der Waals surface area contributed by atoms with Crippen molar-refractivity contribution in [1.82, 2.24) is 4.98 Å². The molecule has 98 valence electrons. The van der Waals surface area contributed by atoms with E-state index in [9.17, 15) is 13.6 Å². The van der Waals surface area contributed by atoms with Crippen LogP contribution in [0.3, 0.4) is 0 Å². The Morgan fingerprint density at radius 1 is 1.61 bits per heavy atom. The Balaban J connectivity index is 2.22. The Kier molecular flexibility index (Phi) is 3.14. The first-order valence-corrected chi connectivity index (χ1v) is 5.71. The van der Waals surface area contributed by atoms with E-state index in [0.29, 0.717) is 5.69 Å². The third kappa shape index (κ3) is 2.53. The minimum absolute atomic E-state index is 0.0879. The number of aromatic nitrogens is 1. The molecular formula is C11H11ClF2N2O2. The molecule has 1 aromatic rings. The van der Waals surface area contributed by atoms with Crippen LogP contribution in [0.4, 0.5) is 14.6 Å². The molecule has 2 rings (SSSR count). The average Bonchev–Trinajstić information content (AvgIpc) is 2.20. The molecule has 2 N–H and O–H groups in total. The highest BCUT2D eigenvalue weighted by Gasteiger charge is 2.45. The number of carboxylic acids is 1. The standard InChI is InChI=1S/C11H11ClF2N2O2/c1-5-8(12)2-7(10(17)18)9(15-5)16-6-3-11(13,14)4-6/h2,6H,3-4H2,1H3,(H,15,16)(H,17,18). The number of carboxylic acid groups (broad SMARTS) is 1. The molecule has 1 heterocycles. The molecule has 0 radical (unpaired) electrons. The number of pyridine rings is 1. The summed E-state index contributed by atoms with van der Waals surface area (Å²) in [5.74, 6) is -3.77. The second-order valence-corrected chi connectivity index (χ2v) is 4.77. The Bertz CT molecular complexity index is 500. The van der Waals surface area contributed by atoms with Crippen molar-refractivity contribution in [3.05, 3.63) is 22.3 Å². The number of hydrogen-bond donors (Lipinski definition) is 2. The summed E-state index contributed by atoms with van der Waals surface area (Å²) in [6.45, 7) is 1.62. The first kappa shape index (κ1) is 13.0. The third-order valence-electron chi connectivity index (χ3n) is 2.81. The number of nitrogens with one attached hydrogen (secondary N) is 1. The molecule has 1 fully saturated rings. The van der Waals surface area contributed by atoms with Crippen LogP contribution in [-0.2, 0) is 0 Å². The first-order chi connectivity index (χ1) is 8.28. The Hall–Kier alpha value is -1.43. The molecule has 0 aliphatic heterocycles. The van der Waals surface area contributed by atoms with E-state index in [4.69, 9.17) is 16.7 Å². The van der Waals surface area contributed by atoms with Crippen molar-refractivity contribution < 1.29 is 18.7 Å². The Labute approximate surface area is 107 Å². The first-order valence-electron chi connectivity index (χ1n) is 5.33. The molecule has 1 saturated carbocycles. The Morgan fingerprint density at radius 3 is 2.72 bits per heavy atom. The fourth-order valence-corrected chi connectivity index (χ4v) is 1.96. The lowest BCUT2D eigenvalue weighted by atomic mass is 9.88. The minimum atomic E-state index is -2.66. The zero-order chi connectivity index (χ0) is 13.5. The molecule has 1 aliphatic rings. The van der Waals surface area contributed by atoms with Crippen LogP contribution < -0.4 is 5.32 Å². The lowest BCUT2D eigenvalue weighted by Crippen LogP contribution is -2.44.